The van der Waals surface area contributed by atoms with E-state index in [-0.39, 0.29) is 18.0 Å². The van der Waals surface area contributed by atoms with Gasteiger partial charge in [0.25, 0.3) is 0 Å². The van der Waals surface area contributed by atoms with E-state index in [4.69, 9.17) is 21.1 Å². The van der Waals surface area contributed by atoms with Crippen molar-refractivity contribution in [3.8, 4) is 11.5 Å². The van der Waals surface area contributed by atoms with Gasteiger partial charge in [0.2, 0.25) is 0 Å². The molecule has 0 aromatic heterocycles. The first-order valence-electron chi connectivity index (χ1n) is 11.8. The molecule has 2 unspecified atom stereocenters. The van der Waals surface area contributed by atoms with E-state index < -0.39 is 0 Å². The van der Waals surface area contributed by atoms with E-state index in [1.807, 2.05) is 12.1 Å². The van der Waals surface area contributed by atoms with Gasteiger partial charge in [-0.3, -0.25) is 0 Å². The highest BCUT2D eigenvalue weighted by Crippen LogP contribution is 2.66. The first kappa shape index (κ1) is 23.4. The highest BCUT2D eigenvalue weighted by Gasteiger charge is 2.59. The van der Waals surface area contributed by atoms with Crippen LogP contribution in [0.2, 0.25) is 5.02 Å². The van der Waals surface area contributed by atoms with Crippen molar-refractivity contribution >= 4 is 27.5 Å². The van der Waals surface area contributed by atoms with E-state index in [0.717, 1.165) is 28.1 Å². The summed E-state index contributed by atoms with van der Waals surface area (Å²) in [5, 5.41) is 4.35. The van der Waals surface area contributed by atoms with E-state index in [1.54, 1.807) is 13.2 Å². The molecule has 0 aliphatic heterocycles. The first-order chi connectivity index (χ1) is 15.6. The number of ether oxygens (including phenoxy) is 2. The van der Waals surface area contributed by atoms with Gasteiger partial charge in [-0.1, -0.05) is 47.4 Å². The van der Waals surface area contributed by atoms with Crippen molar-refractivity contribution in [2.75, 3.05) is 7.11 Å². The van der Waals surface area contributed by atoms with Gasteiger partial charge in [-0.25, -0.2) is 4.39 Å². The zero-order chi connectivity index (χ0) is 23.4. The van der Waals surface area contributed by atoms with Crippen LogP contribution in [0.1, 0.15) is 63.5 Å². The molecule has 6 heteroatoms. The lowest BCUT2D eigenvalue weighted by Crippen LogP contribution is -2.63. The van der Waals surface area contributed by atoms with Crippen molar-refractivity contribution in [2.45, 2.75) is 71.1 Å². The maximum absolute atomic E-state index is 13.3. The standard InChI is InChI=1S/C27H32BrClFNO2/c1-25-9-17-10-26(2,14-25)16-27(11-17,15-25)31-12-19-6-23(32-3)24(8-21(19)28)33-13-18-4-5-20(30)7-22(18)29/h4-8,17,31H,9-16H2,1-3H3. The summed E-state index contributed by atoms with van der Waals surface area (Å²) < 4.78 is 25.9. The van der Waals surface area contributed by atoms with Gasteiger partial charge >= 0.3 is 0 Å². The molecule has 1 N–H and O–H groups in total. The summed E-state index contributed by atoms with van der Waals surface area (Å²) in [5.41, 5.74) is 3.09. The molecule has 6 rings (SSSR count). The third-order valence-electron chi connectivity index (χ3n) is 8.01. The van der Waals surface area contributed by atoms with Gasteiger partial charge in [0.1, 0.15) is 12.4 Å². The first-order valence-corrected chi connectivity index (χ1v) is 13.0. The third-order valence-corrected chi connectivity index (χ3v) is 9.10. The molecule has 0 amide bonds. The van der Waals surface area contributed by atoms with Crippen LogP contribution in [0.3, 0.4) is 0 Å². The van der Waals surface area contributed by atoms with Crippen LogP contribution in [-0.4, -0.2) is 12.6 Å². The molecule has 4 fully saturated rings. The van der Waals surface area contributed by atoms with Crippen molar-refractivity contribution < 1.29 is 13.9 Å². The molecule has 4 aliphatic rings. The molecule has 2 aromatic rings. The van der Waals surface area contributed by atoms with Gasteiger partial charge in [-0.2, -0.15) is 0 Å². The Morgan fingerprint density at radius 1 is 1.03 bits per heavy atom. The SMILES string of the molecule is COc1cc(CNC23CC4CC(C)(CC(C)(C4)C2)C3)c(Br)cc1OCc1ccc(F)cc1Cl. The van der Waals surface area contributed by atoms with E-state index >= 15 is 0 Å². The molecule has 178 valence electrons. The van der Waals surface area contributed by atoms with Gasteiger partial charge in [0.05, 0.1) is 12.1 Å². The number of rotatable bonds is 7. The minimum Gasteiger partial charge on any atom is -0.493 e. The summed E-state index contributed by atoms with van der Waals surface area (Å²) in [6, 6.07) is 8.33. The Hall–Kier alpha value is -1.30. The molecule has 2 aromatic carbocycles. The largest absolute Gasteiger partial charge is 0.493 e. The smallest absolute Gasteiger partial charge is 0.162 e. The summed E-state index contributed by atoms with van der Waals surface area (Å²) in [7, 11) is 1.65. The van der Waals surface area contributed by atoms with Crippen LogP contribution in [0.4, 0.5) is 4.39 Å². The van der Waals surface area contributed by atoms with Crippen molar-refractivity contribution in [3.05, 3.63) is 56.8 Å². The summed E-state index contributed by atoms with van der Waals surface area (Å²) in [6.45, 7) is 6.04. The minimum absolute atomic E-state index is 0.237. The van der Waals surface area contributed by atoms with E-state index in [9.17, 15) is 4.39 Å². The fourth-order valence-corrected chi connectivity index (χ4v) is 8.39. The Balaban J connectivity index is 1.31. The van der Waals surface area contributed by atoms with E-state index in [1.165, 1.54) is 50.7 Å². The number of hydrogen-bond donors (Lipinski definition) is 1. The Kier molecular flexibility index (Phi) is 5.98. The van der Waals surface area contributed by atoms with Crippen LogP contribution in [0.15, 0.2) is 34.8 Å². The molecular formula is C27H32BrClFNO2. The highest BCUT2D eigenvalue weighted by atomic mass is 79.9. The topological polar surface area (TPSA) is 30.5 Å². The molecule has 4 bridgehead atoms. The molecule has 0 saturated heterocycles. The molecule has 2 atom stereocenters. The number of methoxy groups -OCH3 is 1. The maximum Gasteiger partial charge on any atom is 0.162 e. The van der Waals surface area contributed by atoms with Crippen LogP contribution in [0.25, 0.3) is 0 Å². The van der Waals surface area contributed by atoms with Crippen molar-refractivity contribution in [3.63, 3.8) is 0 Å². The highest BCUT2D eigenvalue weighted by molar-refractivity contribution is 9.10. The third kappa shape index (κ3) is 4.66. The lowest BCUT2D eigenvalue weighted by atomic mass is 9.43. The van der Waals surface area contributed by atoms with Gasteiger partial charge in [-0.05, 0) is 85.1 Å². The number of halogens is 3. The maximum atomic E-state index is 13.3. The molecule has 33 heavy (non-hydrogen) atoms. The predicted molar refractivity (Wildman–Crippen MR) is 133 cm³/mol. The zero-order valence-electron chi connectivity index (χ0n) is 19.6. The Bertz CT molecular complexity index is 1060. The van der Waals surface area contributed by atoms with E-state index in [2.05, 4.69) is 35.1 Å². The second-order valence-corrected chi connectivity index (χ2v) is 12.6. The lowest BCUT2D eigenvalue weighted by molar-refractivity contribution is -0.118. The second kappa shape index (κ2) is 8.42. The number of benzene rings is 2. The number of hydrogen-bond acceptors (Lipinski definition) is 3. The van der Waals surface area contributed by atoms with Crippen molar-refractivity contribution in [2.24, 2.45) is 16.7 Å². The van der Waals surface area contributed by atoms with Crippen LogP contribution in [0.5, 0.6) is 11.5 Å². The molecular weight excluding hydrogens is 505 g/mol. The summed E-state index contributed by atoms with van der Waals surface area (Å²) in [4.78, 5) is 0. The van der Waals surface area contributed by atoms with Crippen LogP contribution in [-0.2, 0) is 13.2 Å². The quantitative estimate of drug-likeness (QED) is 0.394. The average molecular weight is 537 g/mol. The monoisotopic (exact) mass is 535 g/mol. The van der Waals surface area contributed by atoms with Crippen LogP contribution >= 0.6 is 27.5 Å². The van der Waals surface area contributed by atoms with Crippen LogP contribution < -0.4 is 14.8 Å². The Labute approximate surface area is 209 Å². The molecule has 4 saturated carbocycles. The molecule has 0 spiro atoms. The van der Waals surface area contributed by atoms with Gasteiger partial charge < -0.3 is 14.8 Å². The van der Waals surface area contributed by atoms with Gasteiger partial charge in [-0.15, -0.1) is 0 Å². The van der Waals surface area contributed by atoms with Crippen LogP contribution in [0, 0.1) is 22.6 Å². The Morgan fingerprint density at radius 2 is 1.76 bits per heavy atom. The van der Waals surface area contributed by atoms with E-state index in [0.29, 0.717) is 27.4 Å². The summed E-state index contributed by atoms with van der Waals surface area (Å²) >= 11 is 9.89. The fourth-order valence-electron chi connectivity index (χ4n) is 7.71. The lowest BCUT2D eigenvalue weighted by Gasteiger charge is -2.65. The fraction of sp³-hybridized carbons (Fsp3) is 0.556. The average Bonchev–Trinajstić information content (AvgIpc) is 2.69. The Morgan fingerprint density at radius 3 is 2.39 bits per heavy atom. The van der Waals surface area contributed by atoms with Crippen molar-refractivity contribution in [1.82, 2.24) is 5.32 Å². The minimum atomic E-state index is -0.358. The summed E-state index contributed by atoms with van der Waals surface area (Å²) in [5.74, 6) is 1.81. The zero-order valence-corrected chi connectivity index (χ0v) is 21.9. The normalized spacial score (nSPS) is 32.2. The second-order valence-electron chi connectivity index (χ2n) is 11.4. The summed E-state index contributed by atoms with van der Waals surface area (Å²) in [6.07, 6.45) is 8.02. The molecule has 4 aliphatic carbocycles. The predicted octanol–water partition coefficient (Wildman–Crippen LogP) is 7.67. The number of nitrogens with one attached hydrogen (secondary N) is 1. The molecule has 0 heterocycles. The van der Waals surface area contributed by atoms with Gasteiger partial charge in [0, 0.05) is 22.1 Å². The van der Waals surface area contributed by atoms with Gasteiger partial charge in [0.15, 0.2) is 11.5 Å². The molecule has 3 nitrogen and oxygen atoms in total. The van der Waals surface area contributed by atoms with Crippen molar-refractivity contribution in [1.29, 1.82) is 0 Å². The molecule has 0 radical (unpaired) electrons.